The van der Waals surface area contributed by atoms with Gasteiger partial charge in [0.15, 0.2) is 0 Å². The lowest BCUT2D eigenvalue weighted by Crippen LogP contribution is -2.25. The summed E-state index contributed by atoms with van der Waals surface area (Å²) >= 11 is 0. The molecule has 0 unspecified atom stereocenters. The lowest BCUT2D eigenvalue weighted by atomic mass is 10.1. The normalized spacial score (nSPS) is 10.5. The number of nitrogens with one attached hydrogen (secondary N) is 2. The van der Waals surface area contributed by atoms with Gasteiger partial charge < -0.3 is 10.6 Å². The van der Waals surface area contributed by atoms with Crippen molar-refractivity contribution >= 4 is 22.7 Å². The second kappa shape index (κ2) is 8.25. The number of hydrogen-bond donors (Lipinski definition) is 2. The molecule has 132 valence electrons. The third-order valence-corrected chi connectivity index (χ3v) is 4.15. The van der Waals surface area contributed by atoms with Gasteiger partial charge in [0, 0.05) is 37.2 Å². The third kappa shape index (κ3) is 4.45. The van der Waals surface area contributed by atoms with Crippen LogP contribution in [0.4, 0.5) is 0 Å². The van der Waals surface area contributed by atoms with Crippen molar-refractivity contribution in [1.29, 1.82) is 0 Å². The van der Waals surface area contributed by atoms with Crippen LogP contribution in [0.25, 0.3) is 10.9 Å². The Labute approximate surface area is 152 Å². The number of nitrogens with zero attached hydrogens (tertiary/aromatic N) is 1. The van der Waals surface area contributed by atoms with E-state index in [0.29, 0.717) is 18.7 Å². The van der Waals surface area contributed by atoms with Crippen molar-refractivity contribution in [1.82, 2.24) is 15.6 Å². The number of para-hydroxylation sites is 1. The van der Waals surface area contributed by atoms with Crippen molar-refractivity contribution in [3.05, 3.63) is 77.5 Å². The van der Waals surface area contributed by atoms with Crippen LogP contribution in [0.5, 0.6) is 0 Å². The van der Waals surface area contributed by atoms with E-state index in [-0.39, 0.29) is 11.8 Å². The first kappa shape index (κ1) is 17.6. The topological polar surface area (TPSA) is 71.1 Å². The standard InChI is InChI=1S/C21H21N3O2/c1-15(25)24-14-16-7-9-19(10-8-16)21(26)23-13-11-18-5-2-4-17-6-3-12-22-20(17)18/h2-10,12H,11,13-14H2,1H3,(H,23,26)(H,24,25). The van der Waals surface area contributed by atoms with E-state index in [4.69, 9.17) is 0 Å². The van der Waals surface area contributed by atoms with Gasteiger partial charge in [-0.1, -0.05) is 36.4 Å². The molecule has 0 spiro atoms. The minimum atomic E-state index is -0.107. The van der Waals surface area contributed by atoms with Crippen LogP contribution in [-0.4, -0.2) is 23.3 Å². The smallest absolute Gasteiger partial charge is 0.251 e. The number of hydrogen-bond acceptors (Lipinski definition) is 3. The largest absolute Gasteiger partial charge is 0.352 e. The van der Waals surface area contributed by atoms with Crippen LogP contribution in [0.15, 0.2) is 60.8 Å². The molecule has 5 heteroatoms. The second-order valence-electron chi connectivity index (χ2n) is 6.10. The van der Waals surface area contributed by atoms with Gasteiger partial charge in [0.05, 0.1) is 5.52 Å². The first-order valence-corrected chi connectivity index (χ1v) is 8.57. The molecular weight excluding hydrogens is 326 g/mol. The first-order valence-electron chi connectivity index (χ1n) is 8.57. The minimum absolute atomic E-state index is 0.0743. The molecule has 2 aromatic carbocycles. The summed E-state index contributed by atoms with van der Waals surface area (Å²) in [7, 11) is 0. The Hall–Kier alpha value is -3.21. The average Bonchev–Trinajstić information content (AvgIpc) is 2.67. The lowest BCUT2D eigenvalue weighted by molar-refractivity contribution is -0.119. The van der Waals surface area contributed by atoms with E-state index in [1.54, 1.807) is 18.3 Å². The van der Waals surface area contributed by atoms with Crippen molar-refractivity contribution in [3.8, 4) is 0 Å². The molecule has 0 aliphatic heterocycles. The molecule has 5 nitrogen and oxygen atoms in total. The van der Waals surface area contributed by atoms with Crippen molar-refractivity contribution < 1.29 is 9.59 Å². The number of amides is 2. The summed E-state index contributed by atoms with van der Waals surface area (Å²) in [5.74, 6) is -0.181. The van der Waals surface area contributed by atoms with E-state index in [1.165, 1.54) is 6.92 Å². The van der Waals surface area contributed by atoms with Crippen LogP contribution >= 0.6 is 0 Å². The zero-order valence-electron chi connectivity index (χ0n) is 14.7. The van der Waals surface area contributed by atoms with E-state index in [9.17, 15) is 9.59 Å². The molecule has 0 radical (unpaired) electrons. The molecule has 3 aromatic rings. The monoisotopic (exact) mass is 347 g/mol. The molecule has 0 bridgehead atoms. The van der Waals surface area contributed by atoms with Crippen molar-refractivity contribution in [2.24, 2.45) is 0 Å². The predicted molar refractivity (Wildman–Crippen MR) is 102 cm³/mol. The Balaban J connectivity index is 1.56. The number of pyridine rings is 1. The summed E-state index contributed by atoms with van der Waals surface area (Å²) in [6, 6.07) is 17.3. The number of carbonyl (C=O) groups is 2. The average molecular weight is 347 g/mol. The Kier molecular flexibility index (Phi) is 5.59. The van der Waals surface area contributed by atoms with Crippen LogP contribution in [0.1, 0.15) is 28.4 Å². The van der Waals surface area contributed by atoms with Gasteiger partial charge in [-0.25, -0.2) is 0 Å². The fourth-order valence-electron chi connectivity index (χ4n) is 2.78. The van der Waals surface area contributed by atoms with Crippen molar-refractivity contribution in [2.45, 2.75) is 19.9 Å². The first-order chi connectivity index (χ1) is 12.6. The highest BCUT2D eigenvalue weighted by molar-refractivity contribution is 5.94. The summed E-state index contributed by atoms with van der Waals surface area (Å²) in [5.41, 5.74) is 3.66. The van der Waals surface area contributed by atoms with Gasteiger partial charge in [-0.3, -0.25) is 14.6 Å². The van der Waals surface area contributed by atoms with Gasteiger partial charge in [0.25, 0.3) is 5.91 Å². The van der Waals surface area contributed by atoms with Gasteiger partial charge in [0.2, 0.25) is 5.91 Å². The summed E-state index contributed by atoms with van der Waals surface area (Å²) in [6.07, 6.45) is 2.51. The Morgan fingerprint density at radius 3 is 2.50 bits per heavy atom. The van der Waals surface area contributed by atoms with E-state index in [0.717, 1.165) is 28.5 Å². The molecule has 2 amide bonds. The molecule has 0 saturated carbocycles. The predicted octanol–water partition coefficient (Wildman–Crippen LogP) is 2.84. The summed E-state index contributed by atoms with van der Waals surface area (Å²) in [6.45, 7) is 2.49. The maximum atomic E-state index is 12.3. The Bertz CT molecular complexity index is 915. The van der Waals surface area contributed by atoms with Crippen LogP contribution in [-0.2, 0) is 17.8 Å². The summed E-state index contributed by atoms with van der Waals surface area (Å²) in [5, 5.41) is 6.78. The van der Waals surface area contributed by atoms with E-state index in [2.05, 4.69) is 15.6 Å². The minimum Gasteiger partial charge on any atom is -0.352 e. The van der Waals surface area contributed by atoms with Crippen molar-refractivity contribution in [3.63, 3.8) is 0 Å². The summed E-state index contributed by atoms with van der Waals surface area (Å²) < 4.78 is 0. The molecule has 0 aliphatic rings. The maximum absolute atomic E-state index is 12.3. The maximum Gasteiger partial charge on any atom is 0.251 e. The SMILES string of the molecule is CC(=O)NCc1ccc(C(=O)NCCc2cccc3cccnc23)cc1. The number of aromatic nitrogens is 1. The lowest BCUT2D eigenvalue weighted by Gasteiger charge is -2.08. The van der Waals surface area contributed by atoms with Gasteiger partial charge in [-0.2, -0.15) is 0 Å². The highest BCUT2D eigenvalue weighted by Gasteiger charge is 2.06. The number of fused-ring (bicyclic) bond motifs is 1. The molecule has 0 saturated heterocycles. The highest BCUT2D eigenvalue weighted by Crippen LogP contribution is 2.16. The van der Waals surface area contributed by atoms with Gasteiger partial charge in [-0.15, -0.1) is 0 Å². The molecule has 0 atom stereocenters. The Morgan fingerprint density at radius 2 is 1.73 bits per heavy atom. The zero-order valence-corrected chi connectivity index (χ0v) is 14.7. The molecule has 1 aromatic heterocycles. The molecule has 3 rings (SSSR count). The van der Waals surface area contributed by atoms with E-state index < -0.39 is 0 Å². The molecule has 0 aliphatic carbocycles. The number of carbonyl (C=O) groups excluding carboxylic acids is 2. The van der Waals surface area contributed by atoms with Crippen LogP contribution in [0.2, 0.25) is 0 Å². The quantitative estimate of drug-likeness (QED) is 0.720. The Morgan fingerprint density at radius 1 is 0.962 bits per heavy atom. The summed E-state index contributed by atoms with van der Waals surface area (Å²) in [4.78, 5) is 27.6. The highest BCUT2D eigenvalue weighted by atomic mass is 16.2. The fraction of sp³-hybridized carbons (Fsp3) is 0.190. The number of rotatable bonds is 6. The zero-order chi connectivity index (χ0) is 18.4. The van der Waals surface area contributed by atoms with E-state index >= 15 is 0 Å². The second-order valence-corrected chi connectivity index (χ2v) is 6.10. The van der Waals surface area contributed by atoms with Crippen molar-refractivity contribution in [2.75, 3.05) is 6.54 Å². The molecular formula is C21H21N3O2. The molecule has 1 heterocycles. The fourth-order valence-corrected chi connectivity index (χ4v) is 2.78. The van der Waals surface area contributed by atoms with Crippen LogP contribution in [0, 0.1) is 0 Å². The van der Waals surface area contributed by atoms with Gasteiger partial charge in [-0.05, 0) is 35.7 Å². The molecule has 0 fully saturated rings. The van der Waals surface area contributed by atoms with Gasteiger partial charge >= 0.3 is 0 Å². The number of benzene rings is 2. The third-order valence-electron chi connectivity index (χ3n) is 4.15. The van der Waals surface area contributed by atoms with Crippen LogP contribution < -0.4 is 10.6 Å². The molecule has 26 heavy (non-hydrogen) atoms. The van der Waals surface area contributed by atoms with Gasteiger partial charge in [0.1, 0.15) is 0 Å². The van der Waals surface area contributed by atoms with E-state index in [1.807, 2.05) is 42.5 Å². The molecule has 2 N–H and O–H groups in total. The van der Waals surface area contributed by atoms with Crippen LogP contribution in [0.3, 0.4) is 0 Å².